The molecular formula is C19H26O4. The summed E-state index contributed by atoms with van der Waals surface area (Å²) in [5.74, 6) is -1.19. The molecule has 2 rings (SSSR count). The Kier molecular flexibility index (Phi) is 6.63. The van der Waals surface area contributed by atoms with Gasteiger partial charge in [-0.15, -0.1) is 0 Å². The highest BCUT2D eigenvalue weighted by Crippen LogP contribution is 2.31. The molecule has 0 bridgehead atoms. The molecular weight excluding hydrogens is 292 g/mol. The topological polar surface area (TPSA) is 63.6 Å². The summed E-state index contributed by atoms with van der Waals surface area (Å²) in [5, 5.41) is 9.23. The van der Waals surface area contributed by atoms with Crippen LogP contribution in [0.15, 0.2) is 24.3 Å². The zero-order valence-corrected chi connectivity index (χ0v) is 13.8. The Morgan fingerprint density at radius 3 is 2.43 bits per heavy atom. The number of rotatable bonds is 7. The smallest absolute Gasteiger partial charge is 0.339 e. The molecule has 0 spiro atoms. The maximum Gasteiger partial charge on any atom is 0.339 e. The Morgan fingerprint density at radius 1 is 1.17 bits per heavy atom. The van der Waals surface area contributed by atoms with E-state index in [0.29, 0.717) is 5.92 Å². The second-order valence-electron chi connectivity index (χ2n) is 6.33. The van der Waals surface area contributed by atoms with Gasteiger partial charge in [-0.25, -0.2) is 9.59 Å². The molecule has 1 aliphatic rings. The van der Waals surface area contributed by atoms with E-state index in [4.69, 9.17) is 4.74 Å². The Balaban J connectivity index is 2.11. The third kappa shape index (κ3) is 4.81. The van der Waals surface area contributed by atoms with Gasteiger partial charge in [-0.05, 0) is 37.3 Å². The van der Waals surface area contributed by atoms with Crippen molar-refractivity contribution in [3.63, 3.8) is 0 Å². The number of aromatic carboxylic acids is 1. The summed E-state index contributed by atoms with van der Waals surface area (Å²) < 4.78 is 5.77. The number of hydrogen-bond acceptors (Lipinski definition) is 3. The molecule has 23 heavy (non-hydrogen) atoms. The number of esters is 1. The normalized spacial score (nSPS) is 16.7. The van der Waals surface area contributed by atoms with Crippen molar-refractivity contribution >= 4 is 11.9 Å². The zero-order valence-electron chi connectivity index (χ0n) is 13.8. The standard InChI is InChI=1S/C19H26O4/c1-2-3-13-17(14-9-5-4-6-10-14)23-19(22)16-12-8-7-11-15(16)18(20)21/h7-8,11-12,14,17H,2-6,9-10,13H2,1H3,(H,20,21). The number of ether oxygens (including phenoxy) is 1. The Labute approximate surface area is 137 Å². The minimum atomic E-state index is -1.10. The van der Waals surface area contributed by atoms with Crippen molar-refractivity contribution in [2.45, 2.75) is 64.4 Å². The highest BCUT2D eigenvalue weighted by molar-refractivity contribution is 6.02. The Bertz CT molecular complexity index is 532. The van der Waals surface area contributed by atoms with Crippen LogP contribution in [0.2, 0.25) is 0 Å². The number of hydrogen-bond donors (Lipinski definition) is 1. The number of carboxylic acid groups (broad SMARTS) is 1. The molecule has 1 N–H and O–H groups in total. The molecule has 0 saturated heterocycles. The van der Waals surface area contributed by atoms with Gasteiger partial charge in [0.15, 0.2) is 0 Å². The van der Waals surface area contributed by atoms with E-state index in [1.54, 1.807) is 12.1 Å². The third-order valence-electron chi connectivity index (χ3n) is 4.65. The van der Waals surface area contributed by atoms with Crippen LogP contribution >= 0.6 is 0 Å². The molecule has 4 nitrogen and oxygen atoms in total. The van der Waals surface area contributed by atoms with E-state index < -0.39 is 11.9 Å². The molecule has 0 radical (unpaired) electrons. The highest BCUT2D eigenvalue weighted by Gasteiger charge is 2.28. The molecule has 1 aromatic rings. The van der Waals surface area contributed by atoms with Crippen LogP contribution in [0.25, 0.3) is 0 Å². The van der Waals surface area contributed by atoms with E-state index in [0.717, 1.165) is 32.1 Å². The summed E-state index contributed by atoms with van der Waals surface area (Å²) in [4.78, 5) is 23.8. The predicted molar refractivity (Wildman–Crippen MR) is 88.7 cm³/mol. The van der Waals surface area contributed by atoms with Gasteiger partial charge in [-0.3, -0.25) is 0 Å². The lowest BCUT2D eigenvalue weighted by molar-refractivity contribution is 0.00379. The molecule has 1 saturated carbocycles. The van der Waals surface area contributed by atoms with E-state index in [1.807, 2.05) is 0 Å². The molecule has 4 heteroatoms. The van der Waals surface area contributed by atoms with Crippen LogP contribution in [0.4, 0.5) is 0 Å². The summed E-state index contributed by atoms with van der Waals surface area (Å²) in [7, 11) is 0. The van der Waals surface area contributed by atoms with E-state index in [2.05, 4.69) is 6.92 Å². The SMILES string of the molecule is CCCCC(OC(=O)c1ccccc1C(=O)O)C1CCCCC1. The molecule has 0 aromatic heterocycles. The molecule has 0 heterocycles. The van der Waals surface area contributed by atoms with E-state index in [1.165, 1.54) is 31.4 Å². The number of carbonyl (C=O) groups is 2. The first-order chi connectivity index (χ1) is 11.1. The first-order valence-corrected chi connectivity index (χ1v) is 8.66. The fourth-order valence-corrected chi connectivity index (χ4v) is 3.35. The lowest BCUT2D eigenvalue weighted by atomic mass is 9.83. The van der Waals surface area contributed by atoms with Crippen LogP contribution in [-0.2, 0) is 4.74 Å². The minimum Gasteiger partial charge on any atom is -0.478 e. The van der Waals surface area contributed by atoms with Gasteiger partial charge in [0.1, 0.15) is 6.10 Å². The van der Waals surface area contributed by atoms with Crippen molar-refractivity contribution in [2.24, 2.45) is 5.92 Å². The molecule has 1 fully saturated rings. The fourth-order valence-electron chi connectivity index (χ4n) is 3.35. The van der Waals surface area contributed by atoms with Gasteiger partial charge >= 0.3 is 11.9 Å². The van der Waals surface area contributed by atoms with Gasteiger partial charge < -0.3 is 9.84 Å². The van der Waals surface area contributed by atoms with Crippen LogP contribution in [0, 0.1) is 5.92 Å². The van der Waals surface area contributed by atoms with E-state index >= 15 is 0 Å². The zero-order chi connectivity index (χ0) is 16.7. The Morgan fingerprint density at radius 2 is 1.83 bits per heavy atom. The van der Waals surface area contributed by atoms with Crippen molar-refractivity contribution in [2.75, 3.05) is 0 Å². The maximum atomic E-state index is 12.5. The van der Waals surface area contributed by atoms with Crippen LogP contribution in [-0.4, -0.2) is 23.1 Å². The first kappa shape index (κ1) is 17.5. The van der Waals surface area contributed by atoms with Gasteiger partial charge in [0, 0.05) is 0 Å². The monoisotopic (exact) mass is 318 g/mol. The molecule has 1 unspecified atom stereocenters. The maximum absolute atomic E-state index is 12.5. The van der Waals surface area contributed by atoms with Crippen molar-refractivity contribution in [3.8, 4) is 0 Å². The van der Waals surface area contributed by atoms with Crippen LogP contribution in [0.3, 0.4) is 0 Å². The number of carboxylic acids is 1. The molecule has 1 aromatic carbocycles. The molecule has 1 atom stereocenters. The summed E-state index contributed by atoms with van der Waals surface area (Å²) in [6.07, 6.45) is 8.69. The van der Waals surface area contributed by atoms with Crippen LogP contribution in [0.5, 0.6) is 0 Å². The molecule has 1 aliphatic carbocycles. The van der Waals surface area contributed by atoms with Gasteiger partial charge in [-0.2, -0.15) is 0 Å². The van der Waals surface area contributed by atoms with Gasteiger partial charge in [-0.1, -0.05) is 51.2 Å². The number of carbonyl (C=O) groups excluding carboxylic acids is 1. The summed E-state index contributed by atoms with van der Waals surface area (Å²) >= 11 is 0. The highest BCUT2D eigenvalue weighted by atomic mass is 16.5. The van der Waals surface area contributed by atoms with Gasteiger partial charge in [0.05, 0.1) is 11.1 Å². The van der Waals surface area contributed by atoms with Crippen molar-refractivity contribution in [1.82, 2.24) is 0 Å². The van der Waals surface area contributed by atoms with E-state index in [-0.39, 0.29) is 17.2 Å². The lowest BCUT2D eigenvalue weighted by Crippen LogP contribution is -2.29. The van der Waals surface area contributed by atoms with Crippen molar-refractivity contribution in [3.05, 3.63) is 35.4 Å². The lowest BCUT2D eigenvalue weighted by Gasteiger charge is -2.30. The van der Waals surface area contributed by atoms with E-state index in [9.17, 15) is 14.7 Å². The van der Waals surface area contributed by atoms with Crippen molar-refractivity contribution in [1.29, 1.82) is 0 Å². The summed E-state index contributed by atoms with van der Waals surface area (Å²) in [6.45, 7) is 2.12. The minimum absolute atomic E-state index is 0.00962. The summed E-state index contributed by atoms with van der Waals surface area (Å²) in [6, 6.07) is 6.27. The molecule has 0 aliphatic heterocycles. The summed E-state index contributed by atoms with van der Waals surface area (Å²) in [5.41, 5.74) is 0.160. The average molecular weight is 318 g/mol. The van der Waals surface area contributed by atoms with Gasteiger partial charge in [0.25, 0.3) is 0 Å². The second kappa shape index (κ2) is 8.70. The van der Waals surface area contributed by atoms with Gasteiger partial charge in [0.2, 0.25) is 0 Å². The quantitative estimate of drug-likeness (QED) is 0.741. The van der Waals surface area contributed by atoms with Crippen molar-refractivity contribution < 1.29 is 19.4 Å². The predicted octanol–water partition coefficient (Wildman–Crippen LogP) is 4.68. The number of benzene rings is 1. The molecule has 0 amide bonds. The molecule has 126 valence electrons. The Hall–Kier alpha value is -1.84. The third-order valence-corrected chi connectivity index (χ3v) is 4.65. The second-order valence-corrected chi connectivity index (χ2v) is 6.33. The van der Waals surface area contributed by atoms with Crippen LogP contribution < -0.4 is 0 Å². The fraction of sp³-hybridized carbons (Fsp3) is 0.579. The number of unbranched alkanes of at least 4 members (excludes halogenated alkanes) is 1. The average Bonchev–Trinajstić information content (AvgIpc) is 2.59. The largest absolute Gasteiger partial charge is 0.478 e. The first-order valence-electron chi connectivity index (χ1n) is 8.66. The van der Waals surface area contributed by atoms with Crippen LogP contribution in [0.1, 0.15) is 79.0 Å².